The van der Waals surface area contributed by atoms with Crippen molar-refractivity contribution in [3.8, 4) is 0 Å². The van der Waals surface area contributed by atoms with Crippen molar-refractivity contribution in [3.63, 3.8) is 0 Å². The third kappa shape index (κ3) is 7.24. The Bertz CT molecular complexity index is 402. The second kappa shape index (κ2) is 8.29. The monoisotopic (exact) mass is 262 g/mol. The third-order valence-corrected chi connectivity index (χ3v) is 2.62. The summed E-state index contributed by atoms with van der Waals surface area (Å²) < 4.78 is 0. The van der Waals surface area contributed by atoms with Crippen molar-refractivity contribution in [1.29, 1.82) is 0 Å². The molecule has 2 N–H and O–H groups in total. The highest BCUT2D eigenvalue weighted by Crippen LogP contribution is 1.98. The summed E-state index contributed by atoms with van der Waals surface area (Å²) in [5.41, 5.74) is 1.19. The maximum Gasteiger partial charge on any atom is 0.239 e. The predicted octanol–water partition coefficient (Wildman–Crippen LogP) is 1.51. The molecule has 0 aliphatic rings. The Morgan fingerprint density at radius 1 is 1.05 bits per heavy atom. The van der Waals surface area contributed by atoms with E-state index in [1.165, 1.54) is 5.56 Å². The van der Waals surface area contributed by atoms with Gasteiger partial charge in [0.2, 0.25) is 11.8 Å². The molecule has 0 radical (unpaired) electrons. The number of benzene rings is 1. The average molecular weight is 262 g/mol. The topological polar surface area (TPSA) is 58.2 Å². The zero-order valence-electron chi connectivity index (χ0n) is 11.6. The van der Waals surface area contributed by atoms with E-state index in [-0.39, 0.29) is 18.4 Å². The maximum atomic E-state index is 11.5. The summed E-state index contributed by atoms with van der Waals surface area (Å²) >= 11 is 0. The highest BCUT2D eigenvalue weighted by Gasteiger charge is 2.06. The molecule has 4 nitrogen and oxygen atoms in total. The van der Waals surface area contributed by atoms with Crippen LogP contribution in [0.3, 0.4) is 0 Å². The molecule has 1 aromatic carbocycles. The summed E-state index contributed by atoms with van der Waals surface area (Å²) in [5.74, 6) is 0.0855. The van der Waals surface area contributed by atoms with Gasteiger partial charge in [-0.1, -0.05) is 44.2 Å². The van der Waals surface area contributed by atoms with E-state index < -0.39 is 0 Å². The molecule has 0 saturated heterocycles. The van der Waals surface area contributed by atoms with E-state index >= 15 is 0 Å². The minimum absolute atomic E-state index is 0.0559. The lowest BCUT2D eigenvalue weighted by Gasteiger charge is -2.08. The van der Waals surface area contributed by atoms with Crippen LogP contribution in [0.1, 0.15) is 25.8 Å². The minimum atomic E-state index is -0.145. The molecular formula is C15H22N2O2. The molecule has 0 aromatic heterocycles. The Morgan fingerprint density at radius 3 is 2.37 bits per heavy atom. The first kappa shape index (κ1) is 15.2. The van der Waals surface area contributed by atoms with Crippen LogP contribution in [0.2, 0.25) is 0 Å². The Hall–Kier alpha value is -1.84. The van der Waals surface area contributed by atoms with Gasteiger partial charge in [0.15, 0.2) is 0 Å². The van der Waals surface area contributed by atoms with Crippen LogP contribution in [-0.4, -0.2) is 24.9 Å². The summed E-state index contributed by atoms with van der Waals surface area (Å²) in [6.07, 6.45) is 1.25. The number of carbonyl (C=O) groups is 2. The van der Waals surface area contributed by atoms with Gasteiger partial charge >= 0.3 is 0 Å². The van der Waals surface area contributed by atoms with Gasteiger partial charge in [0.25, 0.3) is 0 Å². The van der Waals surface area contributed by atoms with Gasteiger partial charge in [-0.15, -0.1) is 0 Å². The molecular weight excluding hydrogens is 240 g/mol. The van der Waals surface area contributed by atoms with Crippen molar-refractivity contribution in [2.75, 3.05) is 13.1 Å². The molecule has 0 bridgehead atoms. The molecule has 0 aliphatic heterocycles. The van der Waals surface area contributed by atoms with Crippen molar-refractivity contribution in [2.24, 2.45) is 5.92 Å². The van der Waals surface area contributed by atoms with Gasteiger partial charge in [-0.25, -0.2) is 0 Å². The van der Waals surface area contributed by atoms with E-state index in [0.29, 0.717) is 18.9 Å². The van der Waals surface area contributed by atoms with Gasteiger partial charge in [-0.05, 0) is 17.9 Å². The summed E-state index contributed by atoms with van der Waals surface area (Å²) in [5, 5.41) is 5.40. The van der Waals surface area contributed by atoms with Crippen LogP contribution >= 0.6 is 0 Å². The first-order valence-corrected chi connectivity index (χ1v) is 6.65. The lowest BCUT2D eigenvalue weighted by atomic mass is 10.1. The summed E-state index contributed by atoms with van der Waals surface area (Å²) in [4.78, 5) is 22.9. The fraction of sp³-hybridized carbons (Fsp3) is 0.467. The van der Waals surface area contributed by atoms with Crippen molar-refractivity contribution in [3.05, 3.63) is 35.9 Å². The Kier molecular flexibility index (Phi) is 6.64. The second-order valence-electron chi connectivity index (χ2n) is 4.96. The molecule has 0 atom stereocenters. The summed E-state index contributed by atoms with van der Waals surface area (Å²) in [6.45, 7) is 4.59. The van der Waals surface area contributed by atoms with Crippen molar-refractivity contribution < 1.29 is 9.59 Å². The van der Waals surface area contributed by atoms with Crippen LogP contribution in [0, 0.1) is 5.92 Å². The Morgan fingerprint density at radius 2 is 1.74 bits per heavy atom. The lowest BCUT2D eigenvalue weighted by Crippen LogP contribution is -2.38. The first-order chi connectivity index (χ1) is 9.08. The van der Waals surface area contributed by atoms with Gasteiger partial charge in [0.1, 0.15) is 0 Å². The highest BCUT2D eigenvalue weighted by atomic mass is 16.2. The van der Waals surface area contributed by atoms with Crippen LogP contribution in [0.5, 0.6) is 0 Å². The largest absolute Gasteiger partial charge is 0.354 e. The van der Waals surface area contributed by atoms with E-state index in [1.807, 2.05) is 44.2 Å². The third-order valence-electron chi connectivity index (χ3n) is 2.62. The van der Waals surface area contributed by atoms with Crippen molar-refractivity contribution in [1.82, 2.24) is 10.6 Å². The molecule has 2 amide bonds. The standard InChI is InChI=1S/C15H22N2O2/c1-12(2)10-14(18)17-11-15(19)16-9-8-13-6-4-3-5-7-13/h3-7,12H,8-11H2,1-2H3,(H,16,19)(H,17,18). The zero-order chi connectivity index (χ0) is 14.1. The van der Waals surface area contributed by atoms with Gasteiger partial charge in [0, 0.05) is 13.0 Å². The molecule has 0 saturated carbocycles. The zero-order valence-corrected chi connectivity index (χ0v) is 11.6. The highest BCUT2D eigenvalue weighted by molar-refractivity contribution is 5.84. The molecule has 0 aliphatic carbocycles. The SMILES string of the molecule is CC(C)CC(=O)NCC(=O)NCCc1ccccc1. The molecule has 0 fully saturated rings. The van der Waals surface area contributed by atoms with E-state index in [4.69, 9.17) is 0 Å². The quantitative estimate of drug-likeness (QED) is 0.782. The number of hydrogen-bond acceptors (Lipinski definition) is 2. The maximum absolute atomic E-state index is 11.5. The molecule has 1 rings (SSSR count). The minimum Gasteiger partial charge on any atom is -0.354 e. The predicted molar refractivity (Wildman–Crippen MR) is 75.6 cm³/mol. The smallest absolute Gasteiger partial charge is 0.239 e. The van der Waals surface area contributed by atoms with E-state index in [9.17, 15) is 9.59 Å². The van der Waals surface area contributed by atoms with Gasteiger partial charge < -0.3 is 10.6 Å². The first-order valence-electron chi connectivity index (χ1n) is 6.65. The van der Waals surface area contributed by atoms with Crippen LogP contribution in [0.15, 0.2) is 30.3 Å². The van der Waals surface area contributed by atoms with Crippen LogP contribution in [-0.2, 0) is 16.0 Å². The number of rotatable bonds is 7. The van der Waals surface area contributed by atoms with E-state index in [0.717, 1.165) is 6.42 Å². The van der Waals surface area contributed by atoms with Crippen LogP contribution in [0.25, 0.3) is 0 Å². The molecule has 0 spiro atoms. The molecule has 0 heterocycles. The number of nitrogens with one attached hydrogen (secondary N) is 2. The Labute approximate surface area is 114 Å². The van der Waals surface area contributed by atoms with Crippen molar-refractivity contribution >= 4 is 11.8 Å². The van der Waals surface area contributed by atoms with Gasteiger partial charge in [0.05, 0.1) is 6.54 Å². The number of carbonyl (C=O) groups excluding carboxylic acids is 2. The second-order valence-corrected chi connectivity index (χ2v) is 4.96. The lowest BCUT2D eigenvalue weighted by molar-refractivity contribution is -0.126. The summed E-state index contributed by atoms with van der Waals surface area (Å²) in [6, 6.07) is 9.96. The van der Waals surface area contributed by atoms with Gasteiger partial charge in [-0.3, -0.25) is 9.59 Å². The Balaban J connectivity index is 2.13. The van der Waals surface area contributed by atoms with Crippen LogP contribution < -0.4 is 10.6 Å². The van der Waals surface area contributed by atoms with E-state index in [2.05, 4.69) is 10.6 Å². The van der Waals surface area contributed by atoms with Crippen molar-refractivity contribution in [2.45, 2.75) is 26.7 Å². The normalized spacial score (nSPS) is 10.3. The fourth-order valence-electron chi connectivity index (χ4n) is 1.68. The summed E-state index contributed by atoms with van der Waals surface area (Å²) in [7, 11) is 0. The molecule has 0 unspecified atom stereocenters. The number of amides is 2. The molecule has 19 heavy (non-hydrogen) atoms. The van der Waals surface area contributed by atoms with Crippen LogP contribution in [0.4, 0.5) is 0 Å². The van der Waals surface area contributed by atoms with E-state index in [1.54, 1.807) is 0 Å². The number of hydrogen-bond donors (Lipinski definition) is 2. The molecule has 104 valence electrons. The fourth-order valence-corrected chi connectivity index (χ4v) is 1.68. The molecule has 1 aromatic rings. The molecule has 4 heteroatoms. The average Bonchev–Trinajstić information content (AvgIpc) is 2.37. The van der Waals surface area contributed by atoms with Gasteiger partial charge in [-0.2, -0.15) is 0 Å².